The fourth-order valence-electron chi connectivity index (χ4n) is 3.14. The number of benzene rings is 1. The minimum atomic E-state index is -4.20. The van der Waals surface area contributed by atoms with E-state index in [2.05, 4.69) is 4.98 Å². The molecule has 0 saturated carbocycles. The number of aromatic nitrogens is 2. The van der Waals surface area contributed by atoms with E-state index in [0.717, 1.165) is 16.4 Å². The molecule has 3 aromatic rings. The Bertz CT molecular complexity index is 1250. The molecule has 0 radical (unpaired) electrons. The van der Waals surface area contributed by atoms with Gasteiger partial charge in [-0.2, -0.15) is 4.31 Å². The van der Waals surface area contributed by atoms with Gasteiger partial charge >= 0.3 is 0 Å². The summed E-state index contributed by atoms with van der Waals surface area (Å²) in [6, 6.07) is 2.29. The van der Waals surface area contributed by atoms with Gasteiger partial charge in [0.15, 0.2) is 10.1 Å². The van der Waals surface area contributed by atoms with Gasteiger partial charge in [-0.3, -0.25) is 9.20 Å². The summed E-state index contributed by atoms with van der Waals surface area (Å²) in [5.41, 5.74) is 0.573. The lowest BCUT2D eigenvalue weighted by Gasteiger charge is -2.33. The van der Waals surface area contributed by atoms with Crippen molar-refractivity contribution in [2.24, 2.45) is 0 Å². The number of amides is 1. The molecule has 0 spiro atoms. The van der Waals surface area contributed by atoms with Crippen LogP contribution in [-0.4, -0.2) is 59.1 Å². The fraction of sp³-hybridized carbons (Fsp3) is 0.222. The number of piperazine rings is 1. The lowest BCUT2D eigenvalue weighted by Crippen LogP contribution is -2.50. The van der Waals surface area contributed by atoms with Crippen LogP contribution in [-0.2, 0) is 14.8 Å². The van der Waals surface area contributed by atoms with Crippen molar-refractivity contribution < 1.29 is 22.0 Å². The summed E-state index contributed by atoms with van der Waals surface area (Å²) in [5.74, 6) is -2.17. The molecule has 1 amide bonds. The molecule has 0 unspecified atom stereocenters. The average Bonchev–Trinajstić information content (AvgIpc) is 3.28. The Morgan fingerprint density at radius 2 is 1.93 bits per heavy atom. The SMILES string of the molecule is O=C(/C=C/c1c(Cl)nc2sccn12)N1CCN(S(=O)(=O)c2cc(F)ccc2F)CC1. The molecule has 1 fully saturated rings. The van der Waals surface area contributed by atoms with Crippen LogP contribution in [0.5, 0.6) is 0 Å². The molecule has 7 nitrogen and oxygen atoms in total. The summed E-state index contributed by atoms with van der Waals surface area (Å²) in [5, 5.41) is 2.12. The van der Waals surface area contributed by atoms with E-state index in [4.69, 9.17) is 11.6 Å². The third-order valence-corrected chi connectivity index (χ3v) is 7.65. The number of halogens is 3. The number of nitrogens with zero attached hydrogens (tertiary/aromatic N) is 4. The molecular formula is C18H15ClF2N4O3S2. The number of hydrogen-bond acceptors (Lipinski definition) is 5. The monoisotopic (exact) mass is 472 g/mol. The molecule has 1 saturated heterocycles. The first-order valence-corrected chi connectivity index (χ1v) is 11.5. The van der Waals surface area contributed by atoms with Crippen molar-refractivity contribution in [1.82, 2.24) is 18.6 Å². The van der Waals surface area contributed by atoms with Gasteiger partial charge in [0, 0.05) is 43.8 Å². The first-order chi connectivity index (χ1) is 14.3. The van der Waals surface area contributed by atoms with E-state index in [1.54, 1.807) is 16.7 Å². The predicted molar refractivity (Wildman–Crippen MR) is 109 cm³/mol. The molecule has 0 N–H and O–H groups in total. The lowest BCUT2D eigenvalue weighted by molar-refractivity contribution is -0.127. The second-order valence-corrected chi connectivity index (χ2v) is 9.62. The number of carbonyl (C=O) groups is 1. The highest BCUT2D eigenvalue weighted by molar-refractivity contribution is 7.89. The molecular weight excluding hydrogens is 458 g/mol. The van der Waals surface area contributed by atoms with Crippen molar-refractivity contribution in [2.75, 3.05) is 26.2 Å². The van der Waals surface area contributed by atoms with Crippen molar-refractivity contribution in [3.8, 4) is 0 Å². The van der Waals surface area contributed by atoms with Crippen LogP contribution >= 0.6 is 22.9 Å². The molecule has 3 heterocycles. The van der Waals surface area contributed by atoms with Gasteiger partial charge in [-0.1, -0.05) is 11.6 Å². The molecule has 158 valence electrons. The molecule has 2 aromatic heterocycles. The predicted octanol–water partition coefficient (Wildman–Crippen LogP) is 2.87. The Kier molecular flexibility index (Phi) is 5.62. The smallest absolute Gasteiger partial charge is 0.246 e. The molecule has 30 heavy (non-hydrogen) atoms. The van der Waals surface area contributed by atoms with E-state index in [-0.39, 0.29) is 37.2 Å². The third-order valence-electron chi connectivity index (χ3n) is 4.70. The Labute approximate surface area is 179 Å². The van der Waals surface area contributed by atoms with Crippen molar-refractivity contribution in [3.63, 3.8) is 0 Å². The Hall–Kier alpha value is -2.34. The second kappa shape index (κ2) is 8.06. The first kappa shape index (κ1) is 20.9. The summed E-state index contributed by atoms with van der Waals surface area (Å²) < 4.78 is 55.4. The minimum Gasteiger partial charge on any atom is -0.337 e. The molecule has 0 bridgehead atoms. The Morgan fingerprint density at radius 1 is 1.20 bits per heavy atom. The van der Waals surface area contributed by atoms with Crippen LogP contribution in [0.25, 0.3) is 11.0 Å². The maximum Gasteiger partial charge on any atom is 0.246 e. The standard InChI is InChI=1S/C18H15ClF2N4O3S2/c19-17-14(25-9-10-29-18(25)22-17)3-4-16(26)23-5-7-24(8-6-23)30(27,28)15-11-12(20)1-2-13(15)21/h1-4,9-11H,5-8H2/b4-3+. The molecule has 0 atom stereocenters. The summed E-state index contributed by atoms with van der Waals surface area (Å²) in [6.07, 6.45) is 4.70. The van der Waals surface area contributed by atoms with Crippen molar-refractivity contribution in [3.05, 3.63) is 58.3 Å². The van der Waals surface area contributed by atoms with Crippen molar-refractivity contribution in [2.45, 2.75) is 4.90 Å². The number of imidazole rings is 1. The minimum absolute atomic E-state index is 0.0277. The van der Waals surface area contributed by atoms with Crippen LogP contribution < -0.4 is 0 Å². The summed E-state index contributed by atoms with van der Waals surface area (Å²) in [4.78, 5) is 18.1. The van der Waals surface area contributed by atoms with Crippen molar-refractivity contribution in [1.29, 1.82) is 0 Å². The molecule has 1 aliphatic heterocycles. The maximum absolute atomic E-state index is 13.9. The lowest BCUT2D eigenvalue weighted by atomic mass is 10.3. The number of carbonyl (C=O) groups excluding carboxylic acids is 1. The third kappa shape index (κ3) is 3.85. The molecule has 1 aromatic carbocycles. The highest BCUT2D eigenvalue weighted by atomic mass is 35.5. The molecule has 4 rings (SSSR count). The van der Waals surface area contributed by atoms with E-state index in [0.29, 0.717) is 16.7 Å². The zero-order valence-corrected chi connectivity index (χ0v) is 17.7. The van der Waals surface area contributed by atoms with Gasteiger partial charge in [0.1, 0.15) is 16.5 Å². The highest BCUT2D eigenvalue weighted by Crippen LogP contribution is 2.23. The molecule has 0 aliphatic carbocycles. The van der Waals surface area contributed by atoms with E-state index in [1.807, 2.05) is 5.38 Å². The number of hydrogen-bond donors (Lipinski definition) is 0. The van der Waals surface area contributed by atoms with Crippen LogP contribution in [0.1, 0.15) is 5.69 Å². The van der Waals surface area contributed by atoms with Gasteiger partial charge in [-0.25, -0.2) is 22.2 Å². The second-order valence-electron chi connectivity index (χ2n) is 6.48. The van der Waals surface area contributed by atoms with Crippen LogP contribution in [0.4, 0.5) is 8.78 Å². The summed E-state index contributed by atoms with van der Waals surface area (Å²) in [7, 11) is -4.20. The number of rotatable bonds is 4. The topological polar surface area (TPSA) is 75.0 Å². The summed E-state index contributed by atoms with van der Waals surface area (Å²) >= 11 is 7.51. The van der Waals surface area contributed by atoms with Crippen LogP contribution in [0.15, 0.2) is 40.7 Å². The Balaban J connectivity index is 1.44. The van der Waals surface area contributed by atoms with Gasteiger partial charge in [0.05, 0.1) is 5.69 Å². The fourth-order valence-corrected chi connectivity index (χ4v) is 5.65. The van der Waals surface area contributed by atoms with Gasteiger partial charge in [0.2, 0.25) is 15.9 Å². The first-order valence-electron chi connectivity index (χ1n) is 8.80. The van der Waals surface area contributed by atoms with Gasteiger partial charge in [-0.15, -0.1) is 11.3 Å². The summed E-state index contributed by atoms with van der Waals surface area (Å²) in [6.45, 7) is 0.181. The van der Waals surface area contributed by atoms with Crippen LogP contribution in [0, 0.1) is 11.6 Å². The number of thiazole rings is 1. The molecule has 1 aliphatic rings. The van der Waals surface area contributed by atoms with Crippen LogP contribution in [0.2, 0.25) is 5.15 Å². The quantitative estimate of drug-likeness (QED) is 0.547. The zero-order chi connectivity index (χ0) is 21.5. The van der Waals surface area contributed by atoms with E-state index < -0.39 is 26.6 Å². The van der Waals surface area contributed by atoms with Gasteiger partial charge < -0.3 is 4.90 Å². The van der Waals surface area contributed by atoms with E-state index in [1.165, 1.54) is 22.3 Å². The normalized spacial score (nSPS) is 16.0. The van der Waals surface area contributed by atoms with Crippen molar-refractivity contribution >= 4 is 49.9 Å². The van der Waals surface area contributed by atoms with Gasteiger partial charge in [-0.05, 0) is 24.3 Å². The van der Waals surface area contributed by atoms with E-state index in [9.17, 15) is 22.0 Å². The van der Waals surface area contributed by atoms with Crippen LogP contribution in [0.3, 0.4) is 0 Å². The number of fused-ring (bicyclic) bond motifs is 1. The zero-order valence-electron chi connectivity index (χ0n) is 15.3. The highest BCUT2D eigenvalue weighted by Gasteiger charge is 2.31. The average molecular weight is 473 g/mol. The Morgan fingerprint density at radius 3 is 2.67 bits per heavy atom. The van der Waals surface area contributed by atoms with Gasteiger partial charge in [0.25, 0.3) is 0 Å². The maximum atomic E-state index is 13.9. The van der Waals surface area contributed by atoms with E-state index >= 15 is 0 Å². The molecule has 12 heteroatoms. The number of sulfonamides is 1. The largest absolute Gasteiger partial charge is 0.337 e.